The zero-order valence-corrected chi connectivity index (χ0v) is 11.1. The maximum absolute atomic E-state index is 11.6. The molecule has 0 amide bonds. The fraction of sp³-hybridized carbons (Fsp3) is 0.667. The van der Waals surface area contributed by atoms with Crippen molar-refractivity contribution in [3.05, 3.63) is 10.6 Å². The van der Waals surface area contributed by atoms with Crippen LogP contribution in [0.1, 0.15) is 23.4 Å². The second kappa shape index (κ2) is 4.89. The SMILES string of the molecule is O=S(=O)(CCCCl)Nc1nc2c(s1)CCC2. The van der Waals surface area contributed by atoms with Crippen LogP contribution in [-0.2, 0) is 22.9 Å². The number of sulfonamides is 1. The van der Waals surface area contributed by atoms with Gasteiger partial charge in [-0.3, -0.25) is 4.72 Å². The number of aromatic nitrogens is 1. The topological polar surface area (TPSA) is 59.1 Å². The zero-order valence-electron chi connectivity index (χ0n) is 8.70. The van der Waals surface area contributed by atoms with E-state index in [1.165, 1.54) is 16.2 Å². The Morgan fingerprint density at radius 3 is 2.94 bits per heavy atom. The first-order chi connectivity index (χ1) is 7.61. The molecule has 16 heavy (non-hydrogen) atoms. The molecule has 1 aromatic heterocycles. The highest BCUT2D eigenvalue weighted by molar-refractivity contribution is 7.92. The monoisotopic (exact) mass is 280 g/mol. The van der Waals surface area contributed by atoms with Crippen LogP contribution in [0, 0.1) is 0 Å². The summed E-state index contributed by atoms with van der Waals surface area (Å²) in [6.45, 7) is 0. The summed E-state index contributed by atoms with van der Waals surface area (Å²) in [5.41, 5.74) is 1.06. The van der Waals surface area contributed by atoms with Crippen LogP contribution in [0.5, 0.6) is 0 Å². The summed E-state index contributed by atoms with van der Waals surface area (Å²) < 4.78 is 25.7. The Hall–Kier alpha value is -0.330. The number of nitrogens with zero attached hydrogens (tertiary/aromatic N) is 1. The van der Waals surface area contributed by atoms with Crippen molar-refractivity contribution in [3.8, 4) is 0 Å². The Morgan fingerprint density at radius 2 is 2.25 bits per heavy atom. The Balaban J connectivity index is 2.03. The van der Waals surface area contributed by atoms with Gasteiger partial charge >= 0.3 is 0 Å². The molecule has 2 rings (SSSR count). The molecule has 4 nitrogen and oxygen atoms in total. The third kappa shape index (κ3) is 2.87. The van der Waals surface area contributed by atoms with Gasteiger partial charge in [0.05, 0.1) is 11.4 Å². The standard InChI is InChI=1S/C9H13ClN2O2S2/c10-5-2-6-16(13,14)12-9-11-7-3-1-4-8(7)15-9/h1-6H2,(H,11,12). The van der Waals surface area contributed by atoms with Gasteiger partial charge in [0.2, 0.25) is 10.0 Å². The Kier molecular flexibility index (Phi) is 3.71. The van der Waals surface area contributed by atoms with Crippen molar-refractivity contribution < 1.29 is 8.42 Å². The lowest BCUT2D eigenvalue weighted by Crippen LogP contribution is -2.16. The van der Waals surface area contributed by atoms with Crippen LogP contribution < -0.4 is 4.72 Å². The third-order valence-corrected chi connectivity index (χ3v) is 5.18. The van der Waals surface area contributed by atoms with Gasteiger partial charge in [-0.15, -0.1) is 22.9 Å². The number of halogens is 1. The van der Waals surface area contributed by atoms with Gasteiger partial charge in [-0.05, 0) is 25.7 Å². The van der Waals surface area contributed by atoms with Gasteiger partial charge in [-0.1, -0.05) is 0 Å². The average Bonchev–Trinajstić information content (AvgIpc) is 2.74. The number of fused-ring (bicyclic) bond motifs is 1. The first kappa shape index (κ1) is 12.1. The number of thiazole rings is 1. The number of alkyl halides is 1. The molecule has 0 fully saturated rings. The molecule has 0 atom stereocenters. The summed E-state index contributed by atoms with van der Waals surface area (Å²) in [5, 5.41) is 0.499. The van der Waals surface area contributed by atoms with Crippen molar-refractivity contribution in [1.82, 2.24) is 4.98 Å². The summed E-state index contributed by atoms with van der Waals surface area (Å²) in [4.78, 5) is 5.50. The third-order valence-electron chi connectivity index (χ3n) is 2.39. The minimum Gasteiger partial charge on any atom is -0.259 e. The summed E-state index contributed by atoms with van der Waals surface area (Å²) in [6.07, 6.45) is 3.58. The molecule has 0 spiro atoms. The van der Waals surface area contributed by atoms with Crippen molar-refractivity contribution in [2.24, 2.45) is 0 Å². The average molecular weight is 281 g/mol. The van der Waals surface area contributed by atoms with Crippen LogP contribution in [0.3, 0.4) is 0 Å². The van der Waals surface area contributed by atoms with Crippen molar-refractivity contribution in [2.75, 3.05) is 16.4 Å². The Bertz CT molecular complexity index is 448. The van der Waals surface area contributed by atoms with Crippen molar-refractivity contribution in [3.63, 3.8) is 0 Å². The van der Waals surface area contributed by atoms with E-state index in [0.29, 0.717) is 17.4 Å². The lowest BCUT2D eigenvalue weighted by molar-refractivity contribution is 0.600. The molecule has 1 aliphatic carbocycles. The first-order valence-electron chi connectivity index (χ1n) is 5.16. The number of nitrogens with one attached hydrogen (secondary N) is 1. The molecule has 0 aromatic carbocycles. The molecule has 1 heterocycles. The zero-order chi connectivity index (χ0) is 11.6. The van der Waals surface area contributed by atoms with E-state index >= 15 is 0 Å². The highest BCUT2D eigenvalue weighted by Gasteiger charge is 2.19. The number of hydrogen-bond donors (Lipinski definition) is 1. The quantitative estimate of drug-likeness (QED) is 0.840. The van der Waals surface area contributed by atoms with Crippen molar-refractivity contribution >= 4 is 38.1 Å². The van der Waals surface area contributed by atoms with Gasteiger partial charge in [-0.2, -0.15) is 0 Å². The lowest BCUT2D eigenvalue weighted by atomic mass is 10.4. The maximum atomic E-state index is 11.6. The van der Waals surface area contributed by atoms with E-state index in [9.17, 15) is 8.42 Å². The minimum atomic E-state index is -3.27. The van der Waals surface area contributed by atoms with Crippen LogP contribution in [0.15, 0.2) is 0 Å². The van der Waals surface area contributed by atoms with Gasteiger partial charge in [-0.25, -0.2) is 13.4 Å². The van der Waals surface area contributed by atoms with E-state index in [0.717, 1.165) is 25.0 Å². The lowest BCUT2D eigenvalue weighted by Gasteiger charge is -2.03. The summed E-state index contributed by atoms with van der Waals surface area (Å²) in [7, 11) is -3.27. The van der Waals surface area contributed by atoms with E-state index in [1.807, 2.05) is 0 Å². The van der Waals surface area contributed by atoms with Gasteiger partial charge in [0.25, 0.3) is 0 Å². The second-order valence-corrected chi connectivity index (χ2v) is 7.01. The molecule has 0 saturated heterocycles. The number of anilines is 1. The fourth-order valence-electron chi connectivity index (χ4n) is 1.66. The van der Waals surface area contributed by atoms with Crippen molar-refractivity contribution in [1.29, 1.82) is 0 Å². The van der Waals surface area contributed by atoms with Gasteiger partial charge in [0.1, 0.15) is 0 Å². The van der Waals surface area contributed by atoms with Gasteiger partial charge < -0.3 is 0 Å². The molecule has 0 bridgehead atoms. The molecule has 7 heteroatoms. The Labute approximate surface area is 104 Å². The predicted octanol–water partition coefficient (Wildman–Crippen LogP) is 2.00. The van der Waals surface area contributed by atoms with E-state index in [2.05, 4.69) is 9.71 Å². The largest absolute Gasteiger partial charge is 0.259 e. The molecular formula is C9H13ClN2O2S2. The molecule has 1 N–H and O–H groups in total. The number of rotatable bonds is 5. The molecule has 90 valence electrons. The molecule has 0 radical (unpaired) electrons. The summed E-state index contributed by atoms with van der Waals surface area (Å²) in [6, 6.07) is 0. The molecule has 1 aromatic rings. The van der Waals surface area contributed by atoms with E-state index < -0.39 is 10.0 Å². The molecule has 0 unspecified atom stereocenters. The Morgan fingerprint density at radius 1 is 1.44 bits per heavy atom. The normalized spacial score (nSPS) is 15.1. The van der Waals surface area contributed by atoms with Gasteiger partial charge in [0.15, 0.2) is 5.13 Å². The second-order valence-electron chi connectivity index (χ2n) is 3.71. The van der Waals surface area contributed by atoms with E-state index in [-0.39, 0.29) is 5.75 Å². The summed E-state index contributed by atoms with van der Waals surface area (Å²) in [5.74, 6) is 0.413. The number of aryl methyl sites for hydroxylation is 2. The molecule has 0 saturated carbocycles. The molecule has 0 aliphatic heterocycles. The smallest absolute Gasteiger partial charge is 0.234 e. The van der Waals surface area contributed by atoms with E-state index in [1.54, 1.807) is 0 Å². The van der Waals surface area contributed by atoms with Crippen LogP contribution in [0.25, 0.3) is 0 Å². The minimum absolute atomic E-state index is 0.0563. The highest BCUT2D eigenvalue weighted by Crippen LogP contribution is 2.30. The van der Waals surface area contributed by atoms with Gasteiger partial charge in [0, 0.05) is 10.8 Å². The van der Waals surface area contributed by atoms with Crippen LogP contribution in [-0.4, -0.2) is 25.0 Å². The van der Waals surface area contributed by atoms with Crippen LogP contribution in [0.4, 0.5) is 5.13 Å². The predicted molar refractivity (Wildman–Crippen MR) is 66.9 cm³/mol. The van der Waals surface area contributed by atoms with Crippen LogP contribution >= 0.6 is 22.9 Å². The van der Waals surface area contributed by atoms with Crippen LogP contribution in [0.2, 0.25) is 0 Å². The highest BCUT2D eigenvalue weighted by atomic mass is 35.5. The summed E-state index contributed by atoms with van der Waals surface area (Å²) >= 11 is 6.91. The van der Waals surface area contributed by atoms with E-state index in [4.69, 9.17) is 11.6 Å². The molecule has 1 aliphatic rings. The number of hydrogen-bond acceptors (Lipinski definition) is 4. The fourth-order valence-corrected chi connectivity index (χ4v) is 4.34. The van der Waals surface area contributed by atoms with Crippen molar-refractivity contribution in [2.45, 2.75) is 25.7 Å². The maximum Gasteiger partial charge on any atom is 0.234 e. The first-order valence-corrected chi connectivity index (χ1v) is 8.16. The molecular weight excluding hydrogens is 268 g/mol.